The van der Waals surface area contributed by atoms with Crippen LogP contribution in [0.15, 0.2) is 29.9 Å². The number of fused-ring (bicyclic) bond motifs is 2. The quantitative estimate of drug-likeness (QED) is 0.672. The standard InChI is InChI=1S/C13H14N2O/c1-8-5-9(2)15(14-8)13(16)12-7-10-3-4-11(12)6-10/h3-5,7,10-11H,6H2,1-2H3. The zero-order valence-electron chi connectivity index (χ0n) is 9.47. The molecule has 0 saturated carbocycles. The van der Waals surface area contributed by atoms with Crippen LogP contribution in [0.2, 0.25) is 0 Å². The zero-order chi connectivity index (χ0) is 11.3. The molecule has 2 bridgehead atoms. The third-order valence-electron chi connectivity index (χ3n) is 3.36. The molecule has 82 valence electrons. The number of rotatable bonds is 1. The Morgan fingerprint density at radius 1 is 1.44 bits per heavy atom. The fourth-order valence-electron chi connectivity index (χ4n) is 2.62. The van der Waals surface area contributed by atoms with Gasteiger partial charge in [0, 0.05) is 17.2 Å². The van der Waals surface area contributed by atoms with E-state index in [0.717, 1.165) is 23.4 Å². The molecule has 3 heteroatoms. The summed E-state index contributed by atoms with van der Waals surface area (Å²) in [6, 6.07) is 1.93. The van der Waals surface area contributed by atoms with E-state index >= 15 is 0 Å². The van der Waals surface area contributed by atoms with Gasteiger partial charge in [0.1, 0.15) is 0 Å². The summed E-state index contributed by atoms with van der Waals surface area (Å²) in [5.74, 6) is 0.838. The van der Waals surface area contributed by atoms with Gasteiger partial charge >= 0.3 is 0 Å². The van der Waals surface area contributed by atoms with Crippen molar-refractivity contribution >= 4 is 5.91 Å². The lowest BCUT2D eigenvalue weighted by Gasteiger charge is -2.09. The van der Waals surface area contributed by atoms with Crippen LogP contribution in [0, 0.1) is 25.7 Å². The molecule has 0 N–H and O–H groups in total. The van der Waals surface area contributed by atoms with Crippen LogP contribution in [0.25, 0.3) is 0 Å². The fraction of sp³-hybridized carbons (Fsp3) is 0.385. The molecule has 16 heavy (non-hydrogen) atoms. The van der Waals surface area contributed by atoms with Crippen LogP contribution in [0.3, 0.4) is 0 Å². The zero-order valence-corrected chi connectivity index (χ0v) is 9.47. The number of carbonyl (C=O) groups is 1. The van der Waals surface area contributed by atoms with Gasteiger partial charge < -0.3 is 0 Å². The molecule has 0 radical (unpaired) electrons. The molecule has 3 rings (SSSR count). The lowest BCUT2D eigenvalue weighted by atomic mass is 10.0. The van der Waals surface area contributed by atoms with Crippen molar-refractivity contribution in [3.8, 4) is 0 Å². The molecule has 2 aliphatic rings. The van der Waals surface area contributed by atoms with Crippen molar-refractivity contribution in [3.05, 3.63) is 41.3 Å². The van der Waals surface area contributed by atoms with Crippen molar-refractivity contribution in [2.75, 3.05) is 0 Å². The van der Waals surface area contributed by atoms with Crippen molar-refractivity contribution < 1.29 is 4.79 Å². The third-order valence-corrected chi connectivity index (χ3v) is 3.36. The highest BCUT2D eigenvalue weighted by atomic mass is 16.2. The van der Waals surface area contributed by atoms with E-state index in [1.807, 2.05) is 19.9 Å². The minimum Gasteiger partial charge on any atom is -0.267 e. The average Bonchev–Trinajstić information content (AvgIpc) is 2.91. The first-order chi connectivity index (χ1) is 7.65. The van der Waals surface area contributed by atoms with Crippen molar-refractivity contribution in [3.63, 3.8) is 0 Å². The largest absolute Gasteiger partial charge is 0.274 e. The van der Waals surface area contributed by atoms with Crippen LogP contribution in [-0.2, 0) is 0 Å². The molecule has 1 heterocycles. The molecule has 0 spiro atoms. The van der Waals surface area contributed by atoms with E-state index in [1.165, 1.54) is 4.68 Å². The second kappa shape index (κ2) is 3.17. The molecule has 2 atom stereocenters. The first-order valence-electron chi connectivity index (χ1n) is 5.63. The molecule has 2 aliphatic carbocycles. The van der Waals surface area contributed by atoms with Gasteiger partial charge in [0.05, 0.1) is 5.69 Å². The van der Waals surface area contributed by atoms with E-state index in [-0.39, 0.29) is 5.91 Å². The number of aryl methyl sites for hydroxylation is 2. The summed E-state index contributed by atoms with van der Waals surface area (Å²) in [4.78, 5) is 12.3. The Morgan fingerprint density at radius 2 is 2.25 bits per heavy atom. The Morgan fingerprint density at radius 3 is 2.75 bits per heavy atom. The smallest absolute Gasteiger partial charge is 0.267 e. The van der Waals surface area contributed by atoms with E-state index in [1.54, 1.807) is 0 Å². The van der Waals surface area contributed by atoms with Crippen LogP contribution in [0.5, 0.6) is 0 Å². The van der Waals surface area contributed by atoms with Gasteiger partial charge in [-0.2, -0.15) is 5.10 Å². The van der Waals surface area contributed by atoms with Crippen molar-refractivity contribution in [2.24, 2.45) is 11.8 Å². The van der Waals surface area contributed by atoms with E-state index in [9.17, 15) is 4.79 Å². The number of allylic oxidation sites excluding steroid dienone is 4. The highest BCUT2D eigenvalue weighted by Crippen LogP contribution is 2.38. The minimum absolute atomic E-state index is 0.0439. The molecule has 3 nitrogen and oxygen atoms in total. The molecular formula is C13H14N2O. The fourth-order valence-corrected chi connectivity index (χ4v) is 2.62. The van der Waals surface area contributed by atoms with Crippen LogP contribution < -0.4 is 0 Å². The summed E-state index contributed by atoms with van der Waals surface area (Å²) in [6.45, 7) is 3.83. The summed E-state index contributed by atoms with van der Waals surface area (Å²) in [7, 11) is 0. The van der Waals surface area contributed by atoms with Gasteiger partial charge in [-0.3, -0.25) is 4.79 Å². The number of nitrogens with zero attached hydrogens (tertiary/aromatic N) is 2. The van der Waals surface area contributed by atoms with Crippen molar-refractivity contribution in [2.45, 2.75) is 20.3 Å². The maximum atomic E-state index is 12.3. The van der Waals surface area contributed by atoms with E-state index in [0.29, 0.717) is 11.8 Å². The Labute approximate surface area is 94.5 Å². The summed E-state index contributed by atoms with van der Waals surface area (Å²) < 4.78 is 1.52. The van der Waals surface area contributed by atoms with Crippen molar-refractivity contribution in [1.82, 2.24) is 9.78 Å². The molecule has 0 fully saturated rings. The van der Waals surface area contributed by atoms with E-state index in [4.69, 9.17) is 0 Å². The molecule has 1 aromatic rings. The number of carbonyl (C=O) groups excluding carboxylic acids is 1. The van der Waals surface area contributed by atoms with E-state index in [2.05, 4.69) is 23.3 Å². The Balaban J connectivity index is 1.95. The Bertz CT molecular complexity index is 522. The predicted molar refractivity (Wildman–Crippen MR) is 61.1 cm³/mol. The lowest BCUT2D eigenvalue weighted by Crippen LogP contribution is -2.19. The number of aromatic nitrogens is 2. The Hall–Kier alpha value is -1.64. The third kappa shape index (κ3) is 1.28. The van der Waals surface area contributed by atoms with Gasteiger partial charge in [-0.25, -0.2) is 4.68 Å². The van der Waals surface area contributed by atoms with Gasteiger partial charge in [0.25, 0.3) is 5.91 Å². The molecule has 2 unspecified atom stereocenters. The number of hydrogen-bond donors (Lipinski definition) is 0. The first-order valence-corrected chi connectivity index (χ1v) is 5.63. The highest BCUT2D eigenvalue weighted by Gasteiger charge is 2.33. The molecule has 0 aromatic carbocycles. The SMILES string of the molecule is Cc1cc(C)n(C(=O)C2=CC3C=CC2C3)n1. The second-order valence-corrected chi connectivity index (χ2v) is 4.66. The van der Waals surface area contributed by atoms with Gasteiger partial charge in [-0.1, -0.05) is 18.2 Å². The van der Waals surface area contributed by atoms with Crippen LogP contribution in [0.1, 0.15) is 22.6 Å². The molecule has 0 amide bonds. The maximum absolute atomic E-state index is 12.3. The van der Waals surface area contributed by atoms with Crippen LogP contribution in [-0.4, -0.2) is 15.7 Å². The van der Waals surface area contributed by atoms with E-state index < -0.39 is 0 Å². The number of hydrogen-bond acceptors (Lipinski definition) is 2. The molecular weight excluding hydrogens is 200 g/mol. The van der Waals surface area contributed by atoms with Crippen LogP contribution >= 0.6 is 0 Å². The van der Waals surface area contributed by atoms with Crippen LogP contribution in [0.4, 0.5) is 0 Å². The Kier molecular flexibility index (Phi) is 1.90. The predicted octanol–water partition coefficient (Wildman–Crippen LogP) is 2.27. The summed E-state index contributed by atoms with van der Waals surface area (Å²) in [5.41, 5.74) is 2.72. The summed E-state index contributed by atoms with van der Waals surface area (Å²) in [5, 5.41) is 4.24. The normalized spacial score (nSPS) is 26.2. The maximum Gasteiger partial charge on any atom is 0.274 e. The average molecular weight is 214 g/mol. The first kappa shape index (κ1) is 9.58. The van der Waals surface area contributed by atoms with Gasteiger partial charge in [0.2, 0.25) is 0 Å². The summed E-state index contributed by atoms with van der Waals surface area (Å²) >= 11 is 0. The monoisotopic (exact) mass is 214 g/mol. The van der Waals surface area contributed by atoms with Gasteiger partial charge in [0.15, 0.2) is 0 Å². The summed E-state index contributed by atoms with van der Waals surface area (Å²) in [6.07, 6.45) is 7.48. The molecule has 0 saturated heterocycles. The lowest BCUT2D eigenvalue weighted by molar-refractivity contribution is 0.0930. The second-order valence-electron chi connectivity index (χ2n) is 4.66. The highest BCUT2D eigenvalue weighted by molar-refractivity contribution is 5.97. The molecule has 0 aliphatic heterocycles. The van der Waals surface area contributed by atoms with Crippen molar-refractivity contribution in [1.29, 1.82) is 0 Å². The topological polar surface area (TPSA) is 34.9 Å². The van der Waals surface area contributed by atoms with Gasteiger partial charge in [-0.05, 0) is 32.3 Å². The molecule has 1 aromatic heterocycles. The van der Waals surface area contributed by atoms with Gasteiger partial charge in [-0.15, -0.1) is 0 Å². The minimum atomic E-state index is 0.0439.